The summed E-state index contributed by atoms with van der Waals surface area (Å²) >= 11 is 0. The largest absolute Gasteiger partial charge is 0.356 e. The molecule has 0 spiro atoms. The number of rotatable bonds is 9. The Kier molecular flexibility index (Phi) is 10.7. The summed E-state index contributed by atoms with van der Waals surface area (Å²) in [5.74, 6) is 0.781. The number of nitrogens with zero attached hydrogens (tertiary/aromatic N) is 3. The van der Waals surface area contributed by atoms with Crippen LogP contribution in [0.4, 0.5) is 0 Å². The maximum Gasteiger partial charge on any atom is 0.243 e. The number of amides is 2. The molecule has 0 aromatic heterocycles. The first kappa shape index (κ1) is 22.2. The summed E-state index contributed by atoms with van der Waals surface area (Å²) in [7, 11) is 3.47. The van der Waals surface area contributed by atoms with Crippen LogP contribution in [-0.2, 0) is 9.59 Å². The second-order valence-corrected chi connectivity index (χ2v) is 6.92. The second-order valence-electron chi connectivity index (χ2n) is 6.92. The van der Waals surface area contributed by atoms with Crippen LogP contribution >= 0.6 is 0 Å². The lowest BCUT2D eigenvalue weighted by Crippen LogP contribution is -2.50. The average molecular weight is 369 g/mol. The predicted octanol–water partition coefficient (Wildman–Crippen LogP) is 0.0104. The maximum atomic E-state index is 11.8. The van der Waals surface area contributed by atoms with Crippen LogP contribution in [0.3, 0.4) is 0 Å². The van der Waals surface area contributed by atoms with Gasteiger partial charge in [-0.3, -0.25) is 14.5 Å². The molecule has 8 heteroatoms. The van der Waals surface area contributed by atoms with Crippen molar-refractivity contribution in [3.63, 3.8) is 0 Å². The number of likely N-dealkylation sites (N-methyl/N-ethyl adjacent to an activating group) is 1. The number of aliphatic imine (C=N–C) groups is 1. The minimum Gasteiger partial charge on any atom is -0.356 e. The van der Waals surface area contributed by atoms with Gasteiger partial charge in [0.05, 0.1) is 6.54 Å². The Balaban J connectivity index is 2.43. The molecule has 0 bridgehead atoms. The van der Waals surface area contributed by atoms with E-state index in [0.29, 0.717) is 18.5 Å². The molecule has 0 aliphatic carbocycles. The van der Waals surface area contributed by atoms with Gasteiger partial charge in [-0.1, -0.05) is 13.8 Å². The van der Waals surface area contributed by atoms with E-state index in [1.807, 2.05) is 0 Å². The fraction of sp³-hybridized carbons (Fsp3) is 0.833. The molecule has 2 amide bonds. The van der Waals surface area contributed by atoms with Gasteiger partial charge in [0.1, 0.15) is 6.54 Å². The highest BCUT2D eigenvalue weighted by Crippen LogP contribution is 2.09. The monoisotopic (exact) mass is 368 g/mol. The van der Waals surface area contributed by atoms with Crippen molar-refractivity contribution in [3.05, 3.63) is 0 Å². The van der Waals surface area contributed by atoms with E-state index in [4.69, 9.17) is 0 Å². The molecular weight excluding hydrogens is 332 g/mol. The van der Waals surface area contributed by atoms with Gasteiger partial charge in [0.15, 0.2) is 5.96 Å². The molecule has 0 radical (unpaired) electrons. The van der Waals surface area contributed by atoms with Crippen LogP contribution in [0, 0.1) is 0 Å². The first-order valence-corrected chi connectivity index (χ1v) is 9.70. The van der Waals surface area contributed by atoms with E-state index in [-0.39, 0.29) is 18.4 Å². The van der Waals surface area contributed by atoms with Gasteiger partial charge in [-0.15, -0.1) is 0 Å². The predicted molar refractivity (Wildman–Crippen MR) is 105 cm³/mol. The van der Waals surface area contributed by atoms with Crippen LogP contribution in [-0.4, -0.2) is 87.0 Å². The molecule has 1 rings (SSSR count). The zero-order valence-corrected chi connectivity index (χ0v) is 16.8. The first-order valence-electron chi connectivity index (χ1n) is 9.70. The molecule has 0 unspecified atom stereocenters. The van der Waals surface area contributed by atoms with Gasteiger partial charge in [0.25, 0.3) is 0 Å². The number of likely N-dealkylation sites (tertiary alicyclic amines) is 1. The lowest BCUT2D eigenvalue weighted by Gasteiger charge is -2.32. The van der Waals surface area contributed by atoms with Gasteiger partial charge < -0.3 is 20.9 Å². The number of guanidine groups is 1. The topological polar surface area (TPSA) is 89.1 Å². The van der Waals surface area contributed by atoms with Crippen LogP contribution in [0.25, 0.3) is 0 Å². The van der Waals surface area contributed by atoms with E-state index in [1.165, 1.54) is 0 Å². The molecule has 1 heterocycles. The third-order valence-electron chi connectivity index (χ3n) is 4.28. The second kappa shape index (κ2) is 12.5. The van der Waals surface area contributed by atoms with E-state index in [1.54, 1.807) is 19.0 Å². The summed E-state index contributed by atoms with van der Waals surface area (Å²) < 4.78 is 0. The molecule has 1 aliphatic heterocycles. The van der Waals surface area contributed by atoms with Crippen LogP contribution in [0.15, 0.2) is 4.99 Å². The molecule has 3 N–H and O–H groups in total. The Bertz CT molecular complexity index is 459. The summed E-state index contributed by atoms with van der Waals surface area (Å²) in [5.41, 5.74) is 0. The Morgan fingerprint density at radius 3 is 2.27 bits per heavy atom. The van der Waals surface area contributed by atoms with Gasteiger partial charge in [-0.2, -0.15) is 0 Å². The Morgan fingerprint density at radius 1 is 1.08 bits per heavy atom. The number of hydrogen-bond donors (Lipinski definition) is 3. The number of carbonyl (C=O) groups is 2. The van der Waals surface area contributed by atoms with Gasteiger partial charge in [0, 0.05) is 46.3 Å². The molecule has 1 aliphatic rings. The van der Waals surface area contributed by atoms with Crippen molar-refractivity contribution in [2.45, 2.75) is 45.6 Å². The summed E-state index contributed by atoms with van der Waals surface area (Å²) in [6.07, 6.45) is 3.86. The van der Waals surface area contributed by atoms with Crippen molar-refractivity contribution in [1.29, 1.82) is 0 Å². The van der Waals surface area contributed by atoms with E-state index in [9.17, 15) is 9.59 Å². The van der Waals surface area contributed by atoms with E-state index in [2.05, 4.69) is 39.7 Å². The van der Waals surface area contributed by atoms with Crippen LogP contribution in [0.2, 0.25) is 0 Å². The fourth-order valence-corrected chi connectivity index (χ4v) is 2.64. The molecule has 0 aromatic carbocycles. The third-order valence-corrected chi connectivity index (χ3v) is 4.28. The van der Waals surface area contributed by atoms with E-state index in [0.717, 1.165) is 51.9 Å². The number of piperidine rings is 1. The SMILES string of the molecule is CCCNC(=O)CN1CCC(NC(=NCC(=O)N(C)C)NCCC)CC1. The molecule has 0 aromatic rings. The highest BCUT2D eigenvalue weighted by atomic mass is 16.2. The summed E-state index contributed by atoms with van der Waals surface area (Å²) in [4.78, 5) is 31.7. The fourth-order valence-electron chi connectivity index (χ4n) is 2.64. The van der Waals surface area contributed by atoms with Gasteiger partial charge >= 0.3 is 0 Å². The Morgan fingerprint density at radius 2 is 1.69 bits per heavy atom. The van der Waals surface area contributed by atoms with Crippen molar-refractivity contribution in [2.24, 2.45) is 4.99 Å². The molecular formula is C18H36N6O2. The smallest absolute Gasteiger partial charge is 0.243 e. The number of hydrogen-bond acceptors (Lipinski definition) is 4. The lowest BCUT2D eigenvalue weighted by molar-refractivity contribution is -0.127. The standard InChI is InChI=1S/C18H36N6O2/c1-5-9-19-16(25)14-24-11-7-15(8-12-24)22-18(20-10-6-2)21-13-17(26)23(3)4/h15H,5-14H2,1-4H3,(H,19,25)(H2,20,21,22). The van der Waals surface area contributed by atoms with Crippen molar-refractivity contribution >= 4 is 17.8 Å². The van der Waals surface area contributed by atoms with Crippen molar-refractivity contribution in [3.8, 4) is 0 Å². The Labute approximate surface area is 157 Å². The molecule has 1 saturated heterocycles. The maximum absolute atomic E-state index is 11.8. The highest BCUT2D eigenvalue weighted by molar-refractivity contribution is 5.85. The first-order chi connectivity index (χ1) is 12.5. The minimum atomic E-state index is -0.0180. The van der Waals surface area contributed by atoms with E-state index >= 15 is 0 Å². The van der Waals surface area contributed by atoms with E-state index < -0.39 is 0 Å². The third kappa shape index (κ3) is 9.03. The molecule has 0 saturated carbocycles. The quantitative estimate of drug-likeness (QED) is 0.394. The van der Waals surface area contributed by atoms with Crippen molar-refractivity contribution < 1.29 is 9.59 Å². The van der Waals surface area contributed by atoms with Crippen molar-refractivity contribution in [2.75, 3.05) is 53.4 Å². The molecule has 150 valence electrons. The molecule has 26 heavy (non-hydrogen) atoms. The highest BCUT2D eigenvalue weighted by Gasteiger charge is 2.21. The molecule has 0 atom stereocenters. The number of carbonyl (C=O) groups excluding carboxylic acids is 2. The molecule has 8 nitrogen and oxygen atoms in total. The lowest BCUT2D eigenvalue weighted by atomic mass is 10.1. The Hall–Kier alpha value is -1.83. The van der Waals surface area contributed by atoms with Crippen LogP contribution in [0.1, 0.15) is 39.5 Å². The normalized spacial score (nSPS) is 16.2. The zero-order chi connectivity index (χ0) is 19.4. The molecule has 1 fully saturated rings. The summed E-state index contributed by atoms with van der Waals surface area (Å²) in [6.45, 7) is 8.09. The van der Waals surface area contributed by atoms with Gasteiger partial charge in [-0.25, -0.2) is 4.99 Å². The average Bonchev–Trinajstić information content (AvgIpc) is 2.63. The van der Waals surface area contributed by atoms with Crippen LogP contribution < -0.4 is 16.0 Å². The van der Waals surface area contributed by atoms with Crippen molar-refractivity contribution in [1.82, 2.24) is 25.8 Å². The number of nitrogens with one attached hydrogen (secondary N) is 3. The summed E-state index contributed by atoms with van der Waals surface area (Å²) in [6, 6.07) is 0.308. The van der Waals surface area contributed by atoms with Gasteiger partial charge in [0.2, 0.25) is 11.8 Å². The zero-order valence-electron chi connectivity index (χ0n) is 16.8. The summed E-state index contributed by atoms with van der Waals surface area (Å²) in [5, 5.41) is 9.62. The van der Waals surface area contributed by atoms with Crippen LogP contribution in [0.5, 0.6) is 0 Å². The van der Waals surface area contributed by atoms with Gasteiger partial charge in [-0.05, 0) is 25.7 Å². The minimum absolute atomic E-state index is 0.0180.